The Kier molecular flexibility index (Phi) is 16.3. The number of hydrogen-bond donors (Lipinski definition) is 5. The second-order valence-corrected chi connectivity index (χ2v) is 15.7. The first-order valence-corrected chi connectivity index (χ1v) is 19.5. The molecule has 0 heterocycles. The van der Waals surface area contributed by atoms with Crippen molar-refractivity contribution in [3.63, 3.8) is 0 Å². The van der Waals surface area contributed by atoms with Crippen LogP contribution in [-0.4, -0.2) is 78.1 Å². The van der Waals surface area contributed by atoms with Crippen molar-refractivity contribution in [2.24, 2.45) is 0 Å². The highest BCUT2D eigenvalue weighted by atomic mass is 16.6. The van der Waals surface area contributed by atoms with Crippen LogP contribution in [0.4, 0.5) is 4.79 Å². The van der Waals surface area contributed by atoms with Crippen molar-refractivity contribution in [2.75, 3.05) is 7.11 Å². The van der Waals surface area contributed by atoms with Crippen molar-refractivity contribution < 1.29 is 38.2 Å². The fourth-order valence-electron chi connectivity index (χ4n) is 6.15. The van der Waals surface area contributed by atoms with E-state index in [4.69, 9.17) is 9.47 Å². The third kappa shape index (κ3) is 15.1. The molecule has 5 N–H and O–H groups in total. The van der Waals surface area contributed by atoms with Gasteiger partial charge in [0.25, 0.3) is 0 Å². The first kappa shape index (κ1) is 45.2. The lowest BCUT2D eigenvalue weighted by molar-refractivity contribution is -0.145. The van der Waals surface area contributed by atoms with E-state index < -0.39 is 71.0 Å². The highest BCUT2D eigenvalue weighted by Gasteiger charge is 2.37. The maximum Gasteiger partial charge on any atom is 0.408 e. The first-order valence-electron chi connectivity index (χ1n) is 19.5. The summed E-state index contributed by atoms with van der Waals surface area (Å²) in [7, 11) is 1.23. The number of alkyl carbamates (subject to hydrolysis) is 1. The zero-order chi connectivity index (χ0) is 43.0. The highest BCUT2D eigenvalue weighted by Crippen LogP contribution is 2.13. The lowest BCUT2D eigenvalue weighted by atomic mass is 9.98. The molecular formula is C46H55N5O8. The third-order valence-electron chi connectivity index (χ3n) is 9.20. The summed E-state index contributed by atoms with van der Waals surface area (Å²) < 4.78 is 10.4. The van der Waals surface area contributed by atoms with Gasteiger partial charge in [-0.15, -0.1) is 0 Å². The number of benzene rings is 4. The van der Waals surface area contributed by atoms with Gasteiger partial charge in [-0.1, -0.05) is 121 Å². The van der Waals surface area contributed by atoms with E-state index in [1.807, 2.05) is 72.8 Å². The van der Waals surface area contributed by atoms with Gasteiger partial charge < -0.3 is 36.1 Å². The Hall–Kier alpha value is -6.50. The Bertz CT molecular complexity index is 2000. The molecule has 59 heavy (non-hydrogen) atoms. The Morgan fingerprint density at radius 3 is 1.19 bits per heavy atom. The molecule has 0 bridgehead atoms. The number of hydrogen-bond acceptors (Lipinski definition) is 8. The van der Waals surface area contributed by atoms with Gasteiger partial charge in [0.15, 0.2) is 0 Å². The summed E-state index contributed by atoms with van der Waals surface area (Å²) in [6.45, 7) is 8.08. The van der Waals surface area contributed by atoms with E-state index in [0.717, 1.165) is 22.3 Å². The molecule has 0 saturated carbocycles. The van der Waals surface area contributed by atoms with E-state index in [0.29, 0.717) is 0 Å². The van der Waals surface area contributed by atoms with Crippen LogP contribution in [0.5, 0.6) is 0 Å². The molecule has 0 fully saturated rings. The summed E-state index contributed by atoms with van der Waals surface area (Å²) in [6.07, 6.45) is -0.423. The molecule has 312 valence electrons. The number of carbonyl (C=O) groups is 6. The van der Waals surface area contributed by atoms with Crippen molar-refractivity contribution in [1.82, 2.24) is 26.6 Å². The fraction of sp³-hybridized carbons (Fsp3) is 0.348. The van der Waals surface area contributed by atoms with Crippen LogP contribution in [0.25, 0.3) is 0 Å². The van der Waals surface area contributed by atoms with Crippen LogP contribution in [-0.2, 0) is 59.1 Å². The monoisotopic (exact) mass is 805 g/mol. The average molecular weight is 806 g/mol. The van der Waals surface area contributed by atoms with Gasteiger partial charge in [-0.3, -0.25) is 19.2 Å². The van der Waals surface area contributed by atoms with Gasteiger partial charge in [0.1, 0.15) is 35.3 Å². The van der Waals surface area contributed by atoms with Crippen LogP contribution in [0, 0.1) is 0 Å². The number of amides is 5. The number of esters is 1. The second-order valence-electron chi connectivity index (χ2n) is 15.7. The average Bonchev–Trinajstić information content (AvgIpc) is 3.20. The second kappa shape index (κ2) is 21.3. The smallest absolute Gasteiger partial charge is 0.408 e. The standard InChI is InChI=1S/C46H55N5O8/c1-45(2,3)59-44(57)50-36(28-32-21-13-8-14-22-32)40(53)47-37(29-33-23-15-9-16-24-33)41(54)51-46(4,5)43(56)49-35(27-31-19-11-7-12-20-31)39(52)48-38(42(55)58-6)30-34-25-17-10-18-26-34/h7-26,35-38H,27-30H2,1-6H3,(H,47,53)(H,48,52)(H,49,56)(H,50,57)(H,51,54)/t35-,36-,37-,38-/m0/s1. The van der Waals surface area contributed by atoms with Crippen molar-refractivity contribution in [3.8, 4) is 0 Å². The number of carbonyl (C=O) groups excluding carboxylic acids is 6. The molecule has 4 atom stereocenters. The third-order valence-corrected chi connectivity index (χ3v) is 9.20. The predicted molar refractivity (Wildman–Crippen MR) is 224 cm³/mol. The van der Waals surface area contributed by atoms with Gasteiger partial charge in [0.05, 0.1) is 7.11 Å². The molecule has 0 saturated heterocycles. The maximum atomic E-state index is 14.2. The molecular weight excluding hydrogens is 751 g/mol. The molecule has 4 aromatic rings. The lowest BCUT2D eigenvalue weighted by Gasteiger charge is -2.31. The van der Waals surface area contributed by atoms with E-state index in [1.54, 1.807) is 69.3 Å². The molecule has 0 unspecified atom stereocenters. The molecule has 5 amide bonds. The molecule has 0 spiro atoms. The fourth-order valence-corrected chi connectivity index (χ4v) is 6.15. The molecule has 0 aliphatic rings. The molecule has 13 heteroatoms. The van der Waals surface area contributed by atoms with Crippen molar-refractivity contribution >= 4 is 35.7 Å². The summed E-state index contributed by atoms with van der Waals surface area (Å²) in [5.74, 6) is -3.31. The number of rotatable bonds is 18. The number of methoxy groups -OCH3 is 1. The quantitative estimate of drug-likeness (QED) is 0.0920. The van der Waals surface area contributed by atoms with Crippen LogP contribution in [0.3, 0.4) is 0 Å². The van der Waals surface area contributed by atoms with Gasteiger partial charge in [-0.25, -0.2) is 9.59 Å². The predicted octanol–water partition coefficient (Wildman–Crippen LogP) is 4.37. The molecule has 0 aromatic heterocycles. The van der Waals surface area contributed by atoms with Crippen LogP contribution >= 0.6 is 0 Å². The van der Waals surface area contributed by atoms with Gasteiger partial charge >= 0.3 is 12.1 Å². The van der Waals surface area contributed by atoms with E-state index >= 15 is 0 Å². The van der Waals surface area contributed by atoms with E-state index in [2.05, 4.69) is 26.6 Å². The topological polar surface area (TPSA) is 181 Å². The zero-order valence-corrected chi connectivity index (χ0v) is 34.5. The van der Waals surface area contributed by atoms with Crippen LogP contribution in [0.1, 0.15) is 56.9 Å². The Morgan fingerprint density at radius 2 is 0.814 bits per heavy atom. The molecule has 0 aliphatic heterocycles. The SMILES string of the molecule is COC(=O)[C@H](Cc1ccccc1)NC(=O)[C@H](Cc1ccccc1)NC(=O)C(C)(C)NC(=O)[C@H](Cc1ccccc1)NC(=O)[C@H](Cc1ccccc1)NC(=O)OC(C)(C)C. The van der Waals surface area contributed by atoms with Gasteiger partial charge in [0.2, 0.25) is 23.6 Å². The van der Waals surface area contributed by atoms with Crippen LogP contribution in [0.15, 0.2) is 121 Å². The van der Waals surface area contributed by atoms with Gasteiger partial charge in [0, 0.05) is 25.7 Å². The molecule has 4 rings (SSSR count). The molecule has 0 radical (unpaired) electrons. The lowest BCUT2D eigenvalue weighted by Crippen LogP contribution is -2.63. The minimum absolute atomic E-state index is 0.0516. The van der Waals surface area contributed by atoms with Crippen molar-refractivity contribution in [1.29, 1.82) is 0 Å². The van der Waals surface area contributed by atoms with Gasteiger partial charge in [-0.2, -0.15) is 0 Å². The number of ether oxygens (including phenoxy) is 2. The highest BCUT2D eigenvalue weighted by molar-refractivity contribution is 5.97. The minimum Gasteiger partial charge on any atom is -0.467 e. The first-order chi connectivity index (χ1) is 28.0. The molecule has 13 nitrogen and oxygen atoms in total. The molecule has 4 aromatic carbocycles. The summed E-state index contributed by atoms with van der Waals surface area (Å²) in [5, 5.41) is 13.8. The van der Waals surface area contributed by atoms with Crippen molar-refractivity contribution in [2.45, 2.75) is 95.6 Å². The van der Waals surface area contributed by atoms with E-state index in [9.17, 15) is 28.8 Å². The Morgan fingerprint density at radius 1 is 0.475 bits per heavy atom. The summed E-state index contributed by atoms with van der Waals surface area (Å²) >= 11 is 0. The Labute approximate surface area is 346 Å². The van der Waals surface area contributed by atoms with Gasteiger partial charge in [-0.05, 0) is 56.9 Å². The summed E-state index contributed by atoms with van der Waals surface area (Å²) in [4.78, 5) is 81.9. The van der Waals surface area contributed by atoms with Crippen molar-refractivity contribution in [3.05, 3.63) is 144 Å². The van der Waals surface area contributed by atoms with Crippen LogP contribution < -0.4 is 26.6 Å². The summed E-state index contributed by atoms with van der Waals surface area (Å²) in [5.41, 5.74) is 0.577. The van der Waals surface area contributed by atoms with E-state index in [1.165, 1.54) is 21.0 Å². The minimum atomic E-state index is -1.62. The molecule has 0 aliphatic carbocycles. The zero-order valence-electron chi connectivity index (χ0n) is 34.5. The van der Waals surface area contributed by atoms with E-state index in [-0.39, 0.29) is 25.7 Å². The largest absolute Gasteiger partial charge is 0.467 e. The maximum absolute atomic E-state index is 14.2. The number of nitrogens with one attached hydrogen (secondary N) is 5. The summed E-state index contributed by atoms with van der Waals surface area (Å²) in [6, 6.07) is 31.8. The van der Waals surface area contributed by atoms with Crippen LogP contribution in [0.2, 0.25) is 0 Å². The normalized spacial score (nSPS) is 13.3. The Balaban J connectivity index is 1.56.